The lowest BCUT2D eigenvalue weighted by molar-refractivity contribution is 0.618. The largest absolute Gasteiger partial charge is 0.367 e. The number of nitrogen functional groups attached to an aromatic ring is 1. The van der Waals surface area contributed by atoms with Crippen LogP contribution in [0, 0.1) is 6.92 Å². The first kappa shape index (κ1) is 15.7. The molecule has 0 aromatic carbocycles. The average molecular weight is 265 g/mol. The van der Waals surface area contributed by atoms with Crippen molar-refractivity contribution in [3.05, 3.63) is 11.4 Å². The molecule has 0 bridgehead atoms. The topological polar surface area (TPSA) is 75.9 Å². The highest BCUT2D eigenvalue weighted by Gasteiger charge is 2.13. The van der Waals surface area contributed by atoms with Crippen LogP contribution < -0.4 is 16.6 Å². The van der Waals surface area contributed by atoms with Gasteiger partial charge in [-0.25, -0.2) is 15.8 Å². The van der Waals surface area contributed by atoms with Crippen LogP contribution in [0.25, 0.3) is 0 Å². The van der Waals surface area contributed by atoms with E-state index in [2.05, 4.69) is 41.5 Å². The Labute approximate surface area is 116 Å². The number of nitrogens with two attached hydrogens (primary N) is 1. The third-order valence-corrected chi connectivity index (χ3v) is 3.27. The van der Waals surface area contributed by atoms with Gasteiger partial charge in [-0.2, -0.15) is 0 Å². The summed E-state index contributed by atoms with van der Waals surface area (Å²) in [5, 5.41) is 3.52. The number of aromatic nitrogens is 2. The molecule has 0 aliphatic rings. The van der Waals surface area contributed by atoms with Crippen LogP contribution in [-0.4, -0.2) is 16.0 Å². The molecular formula is C14H27N5. The zero-order chi connectivity index (χ0) is 14.3. The Morgan fingerprint density at radius 3 is 2.32 bits per heavy atom. The molecule has 0 fully saturated rings. The van der Waals surface area contributed by atoms with Crippen LogP contribution in [0.5, 0.6) is 0 Å². The third kappa shape index (κ3) is 4.35. The Morgan fingerprint density at radius 2 is 1.79 bits per heavy atom. The molecular weight excluding hydrogens is 238 g/mol. The molecule has 1 atom stereocenters. The van der Waals surface area contributed by atoms with Crippen LogP contribution in [0.1, 0.15) is 57.8 Å². The van der Waals surface area contributed by atoms with Gasteiger partial charge in [0.15, 0.2) is 0 Å². The molecule has 1 aromatic rings. The number of hydrogen-bond donors (Lipinski definition) is 3. The summed E-state index contributed by atoms with van der Waals surface area (Å²) in [5.41, 5.74) is 3.65. The normalized spacial score (nSPS) is 12.3. The maximum Gasteiger partial charge on any atom is 0.148 e. The summed E-state index contributed by atoms with van der Waals surface area (Å²) in [6.45, 7) is 8.51. The summed E-state index contributed by atoms with van der Waals surface area (Å²) in [6.07, 6.45) is 5.30. The fraction of sp³-hybridized carbons (Fsp3) is 0.714. The predicted molar refractivity (Wildman–Crippen MR) is 81.2 cm³/mol. The maximum absolute atomic E-state index is 5.54. The van der Waals surface area contributed by atoms with E-state index < -0.39 is 0 Å². The Balaban J connectivity index is 2.99. The third-order valence-electron chi connectivity index (χ3n) is 3.27. The molecule has 4 N–H and O–H groups in total. The van der Waals surface area contributed by atoms with E-state index in [0.29, 0.717) is 11.9 Å². The van der Waals surface area contributed by atoms with Gasteiger partial charge in [-0.3, -0.25) is 0 Å². The highest BCUT2D eigenvalue weighted by molar-refractivity contribution is 5.57. The van der Waals surface area contributed by atoms with Gasteiger partial charge in [0.25, 0.3) is 0 Å². The predicted octanol–water partition coefficient (Wildman–Crippen LogP) is 3.01. The number of aryl methyl sites for hydroxylation is 1. The first-order valence-electron chi connectivity index (χ1n) is 7.26. The number of hydrazine groups is 1. The molecule has 19 heavy (non-hydrogen) atoms. The van der Waals surface area contributed by atoms with Crippen molar-refractivity contribution < 1.29 is 0 Å². The molecule has 0 spiro atoms. The monoisotopic (exact) mass is 265 g/mol. The standard InChI is InChI=1S/C14H27N5/c1-5-8-11(7-3)16-13-10(4)14(19-15)18-12(17-13)9-6-2/h11H,5-9,15H2,1-4H3,(H2,16,17,18,19). The van der Waals surface area contributed by atoms with Crippen molar-refractivity contribution in [2.24, 2.45) is 5.84 Å². The lowest BCUT2D eigenvalue weighted by Gasteiger charge is -2.20. The van der Waals surface area contributed by atoms with E-state index in [-0.39, 0.29) is 0 Å². The fourth-order valence-electron chi connectivity index (χ4n) is 2.10. The molecule has 1 heterocycles. The average Bonchev–Trinajstić information content (AvgIpc) is 2.41. The molecule has 0 radical (unpaired) electrons. The highest BCUT2D eigenvalue weighted by atomic mass is 15.3. The molecule has 0 amide bonds. The Morgan fingerprint density at radius 1 is 1.11 bits per heavy atom. The van der Waals surface area contributed by atoms with Gasteiger partial charge in [0.1, 0.15) is 17.5 Å². The molecule has 0 aliphatic heterocycles. The molecule has 1 rings (SSSR count). The van der Waals surface area contributed by atoms with Crippen molar-refractivity contribution in [1.29, 1.82) is 0 Å². The summed E-state index contributed by atoms with van der Waals surface area (Å²) in [7, 11) is 0. The SMILES string of the molecule is CCCc1nc(NN)c(C)c(NC(CC)CCC)n1. The minimum absolute atomic E-state index is 0.457. The van der Waals surface area contributed by atoms with Crippen LogP contribution in [0.2, 0.25) is 0 Å². The van der Waals surface area contributed by atoms with E-state index in [9.17, 15) is 0 Å². The fourth-order valence-corrected chi connectivity index (χ4v) is 2.10. The molecule has 0 saturated carbocycles. The van der Waals surface area contributed by atoms with E-state index >= 15 is 0 Å². The molecule has 0 aliphatic carbocycles. The first-order chi connectivity index (χ1) is 9.15. The number of hydrogen-bond acceptors (Lipinski definition) is 5. The van der Waals surface area contributed by atoms with E-state index in [4.69, 9.17) is 5.84 Å². The zero-order valence-corrected chi connectivity index (χ0v) is 12.6. The first-order valence-corrected chi connectivity index (χ1v) is 7.26. The Kier molecular flexibility index (Phi) is 6.56. The minimum atomic E-state index is 0.457. The lowest BCUT2D eigenvalue weighted by atomic mass is 10.1. The lowest BCUT2D eigenvalue weighted by Crippen LogP contribution is -2.21. The summed E-state index contributed by atoms with van der Waals surface area (Å²) in [5.74, 6) is 8.01. The molecule has 5 nitrogen and oxygen atoms in total. The van der Waals surface area contributed by atoms with Crippen molar-refractivity contribution in [1.82, 2.24) is 9.97 Å². The molecule has 108 valence electrons. The van der Waals surface area contributed by atoms with E-state index in [0.717, 1.165) is 42.9 Å². The summed E-state index contributed by atoms with van der Waals surface area (Å²) < 4.78 is 0. The van der Waals surface area contributed by atoms with Gasteiger partial charge < -0.3 is 10.7 Å². The van der Waals surface area contributed by atoms with Gasteiger partial charge in [-0.1, -0.05) is 27.2 Å². The van der Waals surface area contributed by atoms with Gasteiger partial charge in [-0.15, -0.1) is 0 Å². The van der Waals surface area contributed by atoms with Crippen molar-refractivity contribution >= 4 is 11.6 Å². The van der Waals surface area contributed by atoms with Crippen molar-refractivity contribution in [3.8, 4) is 0 Å². The second kappa shape index (κ2) is 7.94. The number of nitrogens with zero attached hydrogens (tertiary/aromatic N) is 2. The van der Waals surface area contributed by atoms with Gasteiger partial charge in [0.05, 0.1) is 0 Å². The number of nitrogens with one attached hydrogen (secondary N) is 2. The van der Waals surface area contributed by atoms with E-state index in [1.54, 1.807) is 0 Å². The van der Waals surface area contributed by atoms with Crippen LogP contribution in [0.4, 0.5) is 11.6 Å². The Bertz CT molecular complexity index is 392. The van der Waals surface area contributed by atoms with E-state index in [1.807, 2.05) is 6.92 Å². The number of rotatable bonds is 8. The van der Waals surface area contributed by atoms with Gasteiger partial charge in [-0.05, 0) is 26.2 Å². The van der Waals surface area contributed by atoms with Crippen molar-refractivity contribution in [3.63, 3.8) is 0 Å². The van der Waals surface area contributed by atoms with E-state index in [1.165, 1.54) is 6.42 Å². The van der Waals surface area contributed by atoms with Crippen LogP contribution in [0.15, 0.2) is 0 Å². The highest BCUT2D eigenvalue weighted by Crippen LogP contribution is 2.21. The molecule has 1 aromatic heterocycles. The molecule has 5 heteroatoms. The van der Waals surface area contributed by atoms with Gasteiger partial charge in [0, 0.05) is 18.0 Å². The summed E-state index contributed by atoms with van der Waals surface area (Å²) in [4.78, 5) is 9.06. The Hall–Kier alpha value is -1.36. The summed E-state index contributed by atoms with van der Waals surface area (Å²) >= 11 is 0. The van der Waals surface area contributed by atoms with Crippen LogP contribution >= 0.6 is 0 Å². The summed E-state index contributed by atoms with van der Waals surface area (Å²) in [6, 6.07) is 0.457. The minimum Gasteiger partial charge on any atom is -0.367 e. The maximum atomic E-state index is 5.54. The van der Waals surface area contributed by atoms with Gasteiger partial charge >= 0.3 is 0 Å². The van der Waals surface area contributed by atoms with Crippen LogP contribution in [-0.2, 0) is 6.42 Å². The van der Waals surface area contributed by atoms with Crippen LogP contribution in [0.3, 0.4) is 0 Å². The number of anilines is 2. The molecule has 1 unspecified atom stereocenters. The zero-order valence-electron chi connectivity index (χ0n) is 12.6. The smallest absolute Gasteiger partial charge is 0.148 e. The second-order valence-electron chi connectivity index (χ2n) is 4.89. The molecule has 0 saturated heterocycles. The second-order valence-corrected chi connectivity index (χ2v) is 4.89. The quantitative estimate of drug-likeness (QED) is 0.497. The van der Waals surface area contributed by atoms with Crippen molar-refractivity contribution in [2.75, 3.05) is 10.7 Å². The van der Waals surface area contributed by atoms with Gasteiger partial charge in [0.2, 0.25) is 0 Å². The van der Waals surface area contributed by atoms with Crippen molar-refractivity contribution in [2.45, 2.75) is 65.8 Å².